The van der Waals surface area contributed by atoms with Crippen LogP contribution in [0, 0.1) is 0 Å². The minimum atomic E-state index is 0.0323. The number of carbonyl (C=O) groups is 1. The number of hydrogen-bond donors (Lipinski definition) is 0. The third-order valence-corrected chi connectivity index (χ3v) is 5.22. The lowest BCUT2D eigenvalue weighted by Gasteiger charge is -2.31. The molecular formula is C24H23NO3. The van der Waals surface area contributed by atoms with Crippen LogP contribution in [0.15, 0.2) is 66.7 Å². The van der Waals surface area contributed by atoms with Gasteiger partial charge in [-0.15, -0.1) is 0 Å². The molecule has 1 aliphatic rings. The molecule has 0 radical (unpaired) electrons. The van der Waals surface area contributed by atoms with E-state index < -0.39 is 0 Å². The highest BCUT2D eigenvalue weighted by molar-refractivity contribution is 6.05. The number of carbonyl (C=O) groups excluding carboxylic acids is 1. The van der Waals surface area contributed by atoms with Gasteiger partial charge in [0.2, 0.25) is 0 Å². The lowest BCUT2D eigenvalue weighted by Crippen LogP contribution is -2.37. The second-order valence-corrected chi connectivity index (χ2v) is 6.84. The Morgan fingerprint density at radius 3 is 2.29 bits per heavy atom. The molecule has 4 rings (SSSR count). The van der Waals surface area contributed by atoms with Crippen LogP contribution in [0.25, 0.3) is 11.1 Å². The number of amides is 1. The SMILES string of the molecule is COc1ccccc1-c1c(OC)ccc2c1C(=O)N(Cc1ccccc1)CC2. The van der Waals surface area contributed by atoms with Crippen molar-refractivity contribution < 1.29 is 14.3 Å². The van der Waals surface area contributed by atoms with E-state index in [1.165, 1.54) is 0 Å². The van der Waals surface area contributed by atoms with E-state index >= 15 is 0 Å². The van der Waals surface area contributed by atoms with Gasteiger partial charge < -0.3 is 14.4 Å². The van der Waals surface area contributed by atoms with E-state index in [4.69, 9.17) is 9.47 Å². The smallest absolute Gasteiger partial charge is 0.255 e. The predicted octanol–water partition coefficient (Wildman–Crippen LogP) is 4.57. The predicted molar refractivity (Wildman–Crippen MR) is 110 cm³/mol. The summed E-state index contributed by atoms with van der Waals surface area (Å²) in [6.45, 7) is 1.31. The van der Waals surface area contributed by atoms with Crippen LogP contribution in [-0.2, 0) is 13.0 Å². The van der Waals surface area contributed by atoms with Gasteiger partial charge in [0.1, 0.15) is 11.5 Å². The average molecular weight is 373 g/mol. The van der Waals surface area contributed by atoms with Crippen molar-refractivity contribution in [3.8, 4) is 22.6 Å². The average Bonchev–Trinajstić information content (AvgIpc) is 2.75. The maximum absolute atomic E-state index is 13.5. The van der Waals surface area contributed by atoms with E-state index in [0.717, 1.165) is 34.4 Å². The summed E-state index contributed by atoms with van der Waals surface area (Å²) in [4.78, 5) is 15.4. The lowest BCUT2D eigenvalue weighted by atomic mass is 9.89. The molecule has 0 N–H and O–H groups in total. The standard InChI is InChI=1S/C24H23NO3/c1-27-20-11-7-6-10-19(20)23-21(28-2)13-12-18-14-15-25(24(26)22(18)23)16-17-8-4-3-5-9-17/h3-13H,14-16H2,1-2H3. The first-order valence-electron chi connectivity index (χ1n) is 9.39. The van der Waals surface area contributed by atoms with Gasteiger partial charge in [0.15, 0.2) is 0 Å². The Morgan fingerprint density at radius 2 is 1.54 bits per heavy atom. The van der Waals surface area contributed by atoms with Gasteiger partial charge in [-0.05, 0) is 29.7 Å². The maximum atomic E-state index is 13.5. The molecule has 1 heterocycles. The fraction of sp³-hybridized carbons (Fsp3) is 0.208. The Kier molecular flexibility index (Phi) is 5.02. The number of hydrogen-bond acceptors (Lipinski definition) is 3. The highest BCUT2D eigenvalue weighted by atomic mass is 16.5. The Hall–Kier alpha value is -3.27. The first-order valence-corrected chi connectivity index (χ1v) is 9.39. The maximum Gasteiger partial charge on any atom is 0.255 e. The normalized spacial score (nSPS) is 13.2. The van der Waals surface area contributed by atoms with E-state index in [1.807, 2.05) is 59.5 Å². The number of benzene rings is 3. The zero-order valence-electron chi connectivity index (χ0n) is 16.1. The zero-order valence-corrected chi connectivity index (χ0v) is 16.1. The molecule has 1 amide bonds. The Bertz CT molecular complexity index is 998. The number of ether oxygens (including phenoxy) is 2. The summed E-state index contributed by atoms with van der Waals surface area (Å²) in [5.74, 6) is 1.44. The van der Waals surface area contributed by atoms with Gasteiger partial charge in [-0.1, -0.05) is 54.6 Å². The fourth-order valence-electron chi connectivity index (χ4n) is 3.84. The molecule has 3 aromatic carbocycles. The van der Waals surface area contributed by atoms with Crippen LogP contribution < -0.4 is 9.47 Å². The number of para-hydroxylation sites is 1. The summed E-state index contributed by atoms with van der Waals surface area (Å²) in [7, 11) is 3.28. The molecule has 0 aromatic heterocycles. The van der Waals surface area contributed by atoms with Gasteiger partial charge in [-0.3, -0.25) is 4.79 Å². The summed E-state index contributed by atoms with van der Waals surface area (Å²) in [5.41, 5.74) is 4.57. The van der Waals surface area contributed by atoms with Crippen molar-refractivity contribution in [3.05, 3.63) is 83.4 Å². The van der Waals surface area contributed by atoms with E-state index in [0.29, 0.717) is 24.4 Å². The summed E-state index contributed by atoms with van der Waals surface area (Å²) >= 11 is 0. The molecular weight excluding hydrogens is 350 g/mol. The van der Waals surface area contributed by atoms with Crippen molar-refractivity contribution in [1.82, 2.24) is 4.90 Å². The van der Waals surface area contributed by atoms with Crippen LogP contribution in [0.3, 0.4) is 0 Å². The van der Waals surface area contributed by atoms with Gasteiger partial charge in [0.05, 0.1) is 19.8 Å². The zero-order chi connectivity index (χ0) is 19.5. The van der Waals surface area contributed by atoms with E-state index in [2.05, 4.69) is 12.1 Å². The molecule has 0 spiro atoms. The highest BCUT2D eigenvalue weighted by Gasteiger charge is 2.30. The molecule has 0 aliphatic carbocycles. The summed E-state index contributed by atoms with van der Waals surface area (Å²) in [5, 5.41) is 0. The van der Waals surface area contributed by atoms with Crippen LogP contribution in [0.4, 0.5) is 0 Å². The second-order valence-electron chi connectivity index (χ2n) is 6.84. The van der Waals surface area contributed by atoms with Gasteiger partial charge in [-0.25, -0.2) is 0 Å². The molecule has 28 heavy (non-hydrogen) atoms. The molecule has 0 unspecified atom stereocenters. The fourth-order valence-corrected chi connectivity index (χ4v) is 3.84. The van der Waals surface area contributed by atoms with Gasteiger partial charge in [-0.2, -0.15) is 0 Å². The van der Waals surface area contributed by atoms with Crippen LogP contribution in [0.2, 0.25) is 0 Å². The molecule has 0 bridgehead atoms. The second kappa shape index (κ2) is 7.77. The van der Waals surface area contributed by atoms with Crippen molar-refractivity contribution in [1.29, 1.82) is 0 Å². The molecule has 0 atom stereocenters. The van der Waals surface area contributed by atoms with Crippen molar-refractivity contribution in [3.63, 3.8) is 0 Å². The third kappa shape index (κ3) is 3.22. The summed E-state index contributed by atoms with van der Waals surface area (Å²) < 4.78 is 11.2. The summed E-state index contributed by atoms with van der Waals surface area (Å²) in [6.07, 6.45) is 0.819. The molecule has 0 fully saturated rings. The van der Waals surface area contributed by atoms with E-state index in [-0.39, 0.29) is 5.91 Å². The molecule has 142 valence electrons. The minimum absolute atomic E-state index is 0.0323. The monoisotopic (exact) mass is 373 g/mol. The molecule has 4 nitrogen and oxygen atoms in total. The first-order chi connectivity index (χ1) is 13.7. The number of rotatable bonds is 5. The number of nitrogens with zero attached hydrogens (tertiary/aromatic N) is 1. The first kappa shape index (κ1) is 18.1. The largest absolute Gasteiger partial charge is 0.496 e. The Labute approximate surface area is 165 Å². The third-order valence-electron chi connectivity index (χ3n) is 5.22. The van der Waals surface area contributed by atoms with Gasteiger partial charge in [0.25, 0.3) is 5.91 Å². The van der Waals surface area contributed by atoms with Crippen molar-refractivity contribution in [2.75, 3.05) is 20.8 Å². The Balaban J connectivity index is 1.82. The molecule has 0 saturated heterocycles. The van der Waals surface area contributed by atoms with Crippen molar-refractivity contribution in [2.24, 2.45) is 0 Å². The van der Waals surface area contributed by atoms with Gasteiger partial charge >= 0.3 is 0 Å². The number of fused-ring (bicyclic) bond motifs is 1. The van der Waals surface area contributed by atoms with Crippen LogP contribution in [-0.4, -0.2) is 31.6 Å². The lowest BCUT2D eigenvalue weighted by molar-refractivity contribution is 0.0727. The topological polar surface area (TPSA) is 38.8 Å². The summed E-state index contributed by atoms with van der Waals surface area (Å²) in [6, 6.07) is 21.8. The van der Waals surface area contributed by atoms with Crippen LogP contribution in [0.5, 0.6) is 11.5 Å². The quantitative estimate of drug-likeness (QED) is 0.658. The molecule has 3 aromatic rings. The molecule has 4 heteroatoms. The van der Waals surface area contributed by atoms with Crippen molar-refractivity contribution >= 4 is 5.91 Å². The van der Waals surface area contributed by atoms with Gasteiger partial charge in [0, 0.05) is 24.2 Å². The highest BCUT2D eigenvalue weighted by Crippen LogP contribution is 2.42. The molecule has 0 saturated carbocycles. The van der Waals surface area contributed by atoms with Crippen LogP contribution >= 0.6 is 0 Å². The Morgan fingerprint density at radius 1 is 0.821 bits per heavy atom. The van der Waals surface area contributed by atoms with Crippen molar-refractivity contribution in [2.45, 2.75) is 13.0 Å². The van der Waals surface area contributed by atoms with E-state index in [1.54, 1.807) is 14.2 Å². The van der Waals surface area contributed by atoms with Crippen LogP contribution in [0.1, 0.15) is 21.5 Å². The number of methoxy groups -OCH3 is 2. The molecule has 1 aliphatic heterocycles. The van der Waals surface area contributed by atoms with E-state index in [9.17, 15) is 4.79 Å². The minimum Gasteiger partial charge on any atom is -0.496 e.